The zero-order valence-electron chi connectivity index (χ0n) is 18.6. The molecule has 35 heavy (non-hydrogen) atoms. The van der Waals surface area contributed by atoms with E-state index in [2.05, 4.69) is 0 Å². The minimum atomic E-state index is -0.858. The molecule has 0 saturated heterocycles. The summed E-state index contributed by atoms with van der Waals surface area (Å²) >= 11 is 0. The molecule has 1 N–H and O–H groups in total. The molecule has 3 aromatic carbocycles. The molecule has 3 aromatic rings. The van der Waals surface area contributed by atoms with Gasteiger partial charge in [-0.3, -0.25) is 20.2 Å². The molecule has 0 spiro atoms. The molecule has 9 nitrogen and oxygen atoms in total. The number of hydrogen-bond donors (Lipinski definition) is 1. The van der Waals surface area contributed by atoms with Gasteiger partial charge in [0.1, 0.15) is 29.1 Å². The van der Waals surface area contributed by atoms with Gasteiger partial charge >= 0.3 is 0 Å². The van der Waals surface area contributed by atoms with Gasteiger partial charge < -0.3 is 14.6 Å². The summed E-state index contributed by atoms with van der Waals surface area (Å²) in [6.07, 6.45) is 1.65. The Balaban J connectivity index is 1.36. The fourth-order valence-corrected chi connectivity index (χ4v) is 4.36. The molecular weight excluding hydrogens is 452 g/mol. The Hall–Kier alpha value is -4.50. The largest absolute Gasteiger partial charge is 0.461 e. The predicted molar refractivity (Wildman–Crippen MR) is 127 cm³/mol. The SMILES string of the molecule is CC1CC2=C(C=C1Oc1ccc([N+](=O)[O-])cc1)C(O)c1cc(Oc3ccc([N+](=O)[O-])cc3)ccc12. The normalized spacial score (nSPS) is 18.4. The smallest absolute Gasteiger partial charge is 0.269 e. The number of hydrogen-bond acceptors (Lipinski definition) is 7. The van der Waals surface area contributed by atoms with Crippen molar-refractivity contribution in [1.29, 1.82) is 0 Å². The maximum atomic E-state index is 11.1. The standard InChI is InChI=1S/C26H20N2O7/c1-15-12-22-21-11-10-20(34-18-6-2-16(3-7-18)27(30)31)13-23(21)26(29)24(22)14-25(15)35-19-8-4-17(5-9-19)28(32)33/h2-11,13-15,26,29H,12H2,1H3. The zero-order valence-corrected chi connectivity index (χ0v) is 18.6. The van der Waals surface area contributed by atoms with E-state index in [4.69, 9.17) is 9.47 Å². The van der Waals surface area contributed by atoms with Gasteiger partial charge in [-0.05, 0) is 71.2 Å². The lowest BCUT2D eigenvalue weighted by atomic mass is 9.88. The predicted octanol–water partition coefficient (Wildman–Crippen LogP) is 6.10. The monoisotopic (exact) mass is 472 g/mol. The molecule has 2 atom stereocenters. The summed E-state index contributed by atoms with van der Waals surface area (Å²) in [6, 6.07) is 17.2. The Kier molecular flexibility index (Phi) is 5.54. The van der Waals surface area contributed by atoms with E-state index in [9.17, 15) is 25.3 Å². The van der Waals surface area contributed by atoms with Gasteiger partial charge in [0.05, 0.1) is 9.85 Å². The fraction of sp³-hybridized carbons (Fsp3) is 0.154. The molecule has 0 heterocycles. The summed E-state index contributed by atoms with van der Waals surface area (Å²) in [7, 11) is 0. The Morgan fingerprint density at radius 1 is 0.829 bits per heavy atom. The number of fused-ring (bicyclic) bond motifs is 2. The molecule has 0 aromatic heterocycles. The molecule has 176 valence electrons. The Morgan fingerprint density at radius 3 is 1.94 bits per heavy atom. The molecule has 0 fully saturated rings. The summed E-state index contributed by atoms with van der Waals surface area (Å²) in [5.41, 5.74) is 3.42. The van der Waals surface area contributed by atoms with Crippen molar-refractivity contribution in [3.63, 3.8) is 0 Å². The van der Waals surface area contributed by atoms with Gasteiger partial charge in [-0.1, -0.05) is 13.0 Å². The van der Waals surface area contributed by atoms with Crippen molar-refractivity contribution in [2.24, 2.45) is 5.92 Å². The van der Waals surface area contributed by atoms with Crippen LogP contribution in [0.15, 0.2) is 84.1 Å². The maximum absolute atomic E-state index is 11.1. The third kappa shape index (κ3) is 4.24. The minimum absolute atomic E-state index is 0.0126. The highest BCUT2D eigenvalue weighted by molar-refractivity contribution is 5.82. The van der Waals surface area contributed by atoms with Crippen LogP contribution in [-0.4, -0.2) is 15.0 Å². The van der Waals surface area contributed by atoms with Crippen LogP contribution in [0, 0.1) is 26.1 Å². The van der Waals surface area contributed by atoms with Crippen molar-refractivity contribution < 1.29 is 24.4 Å². The quantitative estimate of drug-likeness (QED) is 0.339. The molecule has 2 aliphatic rings. The number of non-ortho nitro benzene ring substituents is 2. The van der Waals surface area contributed by atoms with E-state index in [-0.39, 0.29) is 17.3 Å². The first-order chi connectivity index (χ1) is 16.8. The molecule has 5 rings (SSSR count). The van der Waals surface area contributed by atoms with Crippen molar-refractivity contribution in [3.8, 4) is 17.2 Å². The number of aliphatic hydroxyl groups is 1. The third-order valence-corrected chi connectivity index (χ3v) is 6.15. The van der Waals surface area contributed by atoms with Gasteiger partial charge in [-0.15, -0.1) is 0 Å². The first kappa shape index (κ1) is 22.3. The second kappa shape index (κ2) is 8.69. The average Bonchev–Trinajstić information content (AvgIpc) is 3.10. The summed E-state index contributed by atoms with van der Waals surface area (Å²) in [5, 5.41) is 32.8. The van der Waals surface area contributed by atoms with E-state index in [1.165, 1.54) is 36.4 Å². The van der Waals surface area contributed by atoms with Crippen molar-refractivity contribution in [2.75, 3.05) is 0 Å². The van der Waals surface area contributed by atoms with Gasteiger partial charge in [0.2, 0.25) is 0 Å². The molecule has 9 heteroatoms. The lowest BCUT2D eigenvalue weighted by Gasteiger charge is -2.23. The van der Waals surface area contributed by atoms with E-state index < -0.39 is 16.0 Å². The van der Waals surface area contributed by atoms with Crippen LogP contribution in [0.4, 0.5) is 11.4 Å². The summed E-state index contributed by atoms with van der Waals surface area (Å²) < 4.78 is 11.9. The van der Waals surface area contributed by atoms with Crippen LogP contribution in [0.25, 0.3) is 5.57 Å². The summed E-state index contributed by atoms with van der Waals surface area (Å²) in [5.74, 6) is 2.16. The topological polar surface area (TPSA) is 125 Å². The highest BCUT2D eigenvalue weighted by Gasteiger charge is 2.34. The maximum Gasteiger partial charge on any atom is 0.269 e. The molecule has 0 amide bonds. The number of benzene rings is 3. The number of aliphatic hydroxyl groups excluding tert-OH is 1. The second-order valence-electron chi connectivity index (χ2n) is 8.44. The molecule has 0 aliphatic heterocycles. The summed E-state index contributed by atoms with van der Waals surface area (Å²) in [6.45, 7) is 2.03. The Labute approximate surface area is 199 Å². The highest BCUT2D eigenvalue weighted by Crippen LogP contribution is 2.49. The zero-order chi connectivity index (χ0) is 24.7. The van der Waals surface area contributed by atoms with Crippen LogP contribution in [0.1, 0.15) is 30.6 Å². The Bertz CT molecular complexity index is 1390. The third-order valence-electron chi connectivity index (χ3n) is 6.15. The number of allylic oxidation sites excluding steroid dienone is 2. The van der Waals surface area contributed by atoms with Gasteiger partial charge in [0.15, 0.2) is 0 Å². The van der Waals surface area contributed by atoms with Crippen LogP contribution >= 0.6 is 0 Å². The van der Waals surface area contributed by atoms with Crippen LogP contribution in [0.5, 0.6) is 17.2 Å². The highest BCUT2D eigenvalue weighted by atomic mass is 16.6. The minimum Gasteiger partial charge on any atom is -0.461 e. The van der Waals surface area contributed by atoms with Crippen molar-refractivity contribution in [2.45, 2.75) is 19.4 Å². The van der Waals surface area contributed by atoms with Crippen molar-refractivity contribution >= 4 is 16.9 Å². The lowest BCUT2D eigenvalue weighted by Crippen LogP contribution is -2.12. The van der Waals surface area contributed by atoms with Crippen molar-refractivity contribution in [3.05, 3.63) is 115 Å². The molecule has 0 saturated carbocycles. The van der Waals surface area contributed by atoms with Gasteiger partial charge in [-0.25, -0.2) is 0 Å². The van der Waals surface area contributed by atoms with E-state index in [0.717, 1.165) is 22.3 Å². The lowest BCUT2D eigenvalue weighted by molar-refractivity contribution is -0.385. The molecule has 2 unspecified atom stereocenters. The van der Waals surface area contributed by atoms with Crippen LogP contribution in [0.3, 0.4) is 0 Å². The number of ether oxygens (including phenoxy) is 2. The molecular formula is C26H20N2O7. The van der Waals surface area contributed by atoms with E-state index in [1.807, 2.05) is 19.1 Å². The number of nitro benzene ring substituents is 2. The van der Waals surface area contributed by atoms with Gasteiger partial charge in [-0.2, -0.15) is 0 Å². The number of nitrogens with zero attached hydrogens (tertiary/aromatic N) is 2. The molecule has 0 radical (unpaired) electrons. The van der Waals surface area contributed by atoms with Crippen LogP contribution in [-0.2, 0) is 0 Å². The molecule has 2 aliphatic carbocycles. The van der Waals surface area contributed by atoms with Crippen LogP contribution < -0.4 is 9.47 Å². The first-order valence-electron chi connectivity index (χ1n) is 10.9. The van der Waals surface area contributed by atoms with E-state index >= 15 is 0 Å². The second-order valence-corrected chi connectivity index (χ2v) is 8.44. The number of nitro groups is 2. The molecule has 0 bridgehead atoms. The van der Waals surface area contributed by atoms with Gasteiger partial charge in [0.25, 0.3) is 11.4 Å². The van der Waals surface area contributed by atoms with Gasteiger partial charge in [0, 0.05) is 30.2 Å². The first-order valence-corrected chi connectivity index (χ1v) is 10.9. The van der Waals surface area contributed by atoms with E-state index in [1.54, 1.807) is 24.3 Å². The average molecular weight is 472 g/mol. The number of rotatable bonds is 6. The Morgan fingerprint density at radius 2 is 1.37 bits per heavy atom. The van der Waals surface area contributed by atoms with Crippen LogP contribution in [0.2, 0.25) is 0 Å². The van der Waals surface area contributed by atoms with Crippen molar-refractivity contribution in [1.82, 2.24) is 0 Å². The fourth-order valence-electron chi connectivity index (χ4n) is 4.36. The van der Waals surface area contributed by atoms with E-state index in [0.29, 0.717) is 29.4 Å². The summed E-state index contributed by atoms with van der Waals surface area (Å²) in [4.78, 5) is 20.8.